The predicted octanol–water partition coefficient (Wildman–Crippen LogP) is 1.73. The lowest BCUT2D eigenvalue weighted by atomic mass is 10.1. The standard InChI is InChI=1S/C9H10N2O5/c1-7(16-11(14)15)6-8-2-4-9(5-3-8)10(12)13/h2-5,7H,6H2,1H3. The quantitative estimate of drug-likeness (QED) is 0.562. The van der Waals surface area contributed by atoms with E-state index in [1.54, 1.807) is 19.1 Å². The van der Waals surface area contributed by atoms with Crippen LogP contribution < -0.4 is 0 Å². The Morgan fingerprint density at radius 1 is 1.25 bits per heavy atom. The number of nitro groups is 1. The molecule has 0 aliphatic rings. The monoisotopic (exact) mass is 226 g/mol. The van der Waals surface area contributed by atoms with E-state index in [2.05, 4.69) is 4.84 Å². The highest BCUT2D eigenvalue weighted by molar-refractivity contribution is 5.33. The van der Waals surface area contributed by atoms with Gasteiger partial charge in [-0.25, -0.2) is 0 Å². The molecule has 0 amide bonds. The van der Waals surface area contributed by atoms with Gasteiger partial charge in [0.1, 0.15) is 6.10 Å². The Hall–Kier alpha value is -2.18. The SMILES string of the molecule is CC(Cc1ccc([N+](=O)[O-])cc1)O[N+](=O)[O-]. The Morgan fingerprint density at radius 2 is 1.81 bits per heavy atom. The van der Waals surface area contributed by atoms with Gasteiger partial charge in [0, 0.05) is 12.1 Å². The Bertz CT molecular complexity index is 389. The Balaban J connectivity index is 2.61. The normalized spacial score (nSPS) is 11.8. The van der Waals surface area contributed by atoms with Crippen molar-refractivity contribution < 1.29 is 14.8 Å². The molecule has 0 radical (unpaired) electrons. The average Bonchev–Trinajstić information content (AvgIpc) is 2.16. The van der Waals surface area contributed by atoms with Crippen LogP contribution in [-0.2, 0) is 11.3 Å². The summed E-state index contributed by atoms with van der Waals surface area (Å²) in [7, 11) is 0. The van der Waals surface area contributed by atoms with Gasteiger partial charge in [0.25, 0.3) is 10.8 Å². The fourth-order valence-corrected chi connectivity index (χ4v) is 1.27. The van der Waals surface area contributed by atoms with Gasteiger partial charge in [0.2, 0.25) is 0 Å². The van der Waals surface area contributed by atoms with Crippen LogP contribution in [0.2, 0.25) is 0 Å². The lowest BCUT2D eigenvalue weighted by Crippen LogP contribution is -2.15. The third kappa shape index (κ3) is 3.52. The Kier molecular flexibility index (Phi) is 3.76. The fourth-order valence-electron chi connectivity index (χ4n) is 1.27. The molecule has 0 saturated carbocycles. The van der Waals surface area contributed by atoms with E-state index < -0.39 is 16.1 Å². The number of rotatable bonds is 5. The van der Waals surface area contributed by atoms with Crippen molar-refractivity contribution in [2.75, 3.05) is 0 Å². The van der Waals surface area contributed by atoms with Crippen molar-refractivity contribution in [2.45, 2.75) is 19.4 Å². The second-order valence-corrected chi connectivity index (χ2v) is 3.27. The Morgan fingerprint density at radius 3 is 2.25 bits per heavy atom. The van der Waals surface area contributed by atoms with Crippen molar-refractivity contribution in [3.63, 3.8) is 0 Å². The molecule has 1 aromatic carbocycles. The Labute approximate surface area is 90.9 Å². The van der Waals surface area contributed by atoms with Crippen LogP contribution in [-0.4, -0.2) is 16.1 Å². The van der Waals surface area contributed by atoms with Crippen LogP contribution in [0.25, 0.3) is 0 Å². The number of nitro benzene ring substituents is 1. The molecule has 0 heterocycles. The number of hydrogen-bond acceptors (Lipinski definition) is 5. The highest BCUT2D eigenvalue weighted by Crippen LogP contribution is 2.13. The van der Waals surface area contributed by atoms with Crippen LogP contribution in [0.5, 0.6) is 0 Å². The molecule has 86 valence electrons. The number of hydrogen-bond donors (Lipinski definition) is 0. The minimum atomic E-state index is -0.851. The summed E-state index contributed by atoms with van der Waals surface area (Å²) in [5.74, 6) is 0. The molecule has 1 rings (SSSR count). The van der Waals surface area contributed by atoms with E-state index in [-0.39, 0.29) is 5.69 Å². The first kappa shape index (κ1) is 11.9. The summed E-state index contributed by atoms with van der Waals surface area (Å²) in [5.41, 5.74) is 0.742. The van der Waals surface area contributed by atoms with Crippen LogP contribution >= 0.6 is 0 Å². The van der Waals surface area contributed by atoms with E-state index in [1.165, 1.54) is 12.1 Å². The molecule has 0 spiro atoms. The van der Waals surface area contributed by atoms with E-state index in [9.17, 15) is 20.2 Å². The molecule has 16 heavy (non-hydrogen) atoms. The van der Waals surface area contributed by atoms with E-state index in [0.29, 0.717) is 6.42 Å². The summed E-state index contributed by atoms with van der Waals surface area (Å²) in [6, 6.07) is 5.82. The van der Waals surface area contributed by atoms with Crippen molar-refractivity contribution in [1.29, 1.82) is 0 Å². The van der Waals surface area contributed by atoms with Crippen LogP contribution in [0.4, 0.5) is 5.69 Å². The first-order valence-electron chi connectivity index (χ1n) is 4.53. The predicted molar refractivity (Wildman–Crippen MR) is 54.3 cm³/mol. The maximum Gasteiger partial charge on any atom is 0.294 e. The van der Waals surface area contributed by atoms with Gasteiger partial charge in [-0.2, -0.15) is 0 Å². The summed E-state index contributed by atoms with van der Waals surface area (Å²) in [6.07, 6.45) is -0.240. The second-order valence-electron chi connectivity index (χ2n) is 3.27. The van der Waals surface area contributed by atoms with Gasteiger partial charge in [-0.3, -0.25) is 10.1 Å². The van der Waals surface area contributed by atoms with Gasteiger partial charge < -0.3 is 4.84 Å². The molecule has 0 saturated heterocycles. The molecule has 1 aromatic rings. The maximum atomic E-state index is 10.4. The smallest absolute Gasteiger partial charge is 0.294 e. The largest absolute Gasteiger partial charge is 0.311 e. The van der Waals surface area contributed by atoms with E-state index in [4.69, 9.17) is 0 Å². The summed E-state index contributed by atoms with van der Waals surface area (Å²) in [5, 5.41) is 19.6. The van der Waals surface area contributed by atoms with Crippen LogP contribution in [0.3, 0.4) is 0 Å². The molecule has 1 unspecified atom stereocenters. The van der Waals surface area contributed by atoms with Crippen molar-refractivity contribution in [3.8, 4) is 0 Å². The highest BCUT2D eigenvalue weighted by Gasteiger charge is 2.09. The molecule has 0 N–H and O–H groups in total. The molecule has 0 bridgehead atoms. The van der Waals surface area contributed by atoms with Crippen molar-refractivity contribution in [3.05, 3.63) is 50.1 Å². The van der Waals surface area contributed by atoms with Crippen molar-refractivity contribution in [2.24, 2.45) is 0 Å². The lowest BCUT2D eigenvalue weighted by Gasteiger charge is -2.08. The minimum absolute atomic E-state index is 0.00778. The minimum Gasteiger partial charge on any atom is -0.311 e. The summed E-state index contributed by atoms with van der Waals surface area (Å²) in [4.78, 5) is 24.2. The third-order valence-corrected chi connectivity index (χ3v) is 1.94. The zero-order valence-electron chi connectivity index (χ0n) is 8.53. The molecule has 0 aliphatic carbocycles. The van der Waals surface area contributed by atoms with Crippen LogP contribution in [0, 0.1) is 20.2 Å². The molecular formula is C9H10N2O5. The van der Waals surface area contributed by atoms with Crippen molar-refractivity contribution in [1.82, 2.24) is 0 Å². The average molecular weight is 226 g/mol. The summed E-state index contributed by atoms with van der Waals surface area (Å²) in [6.45, 7) is 1.56. The van der Waals surface area contributed by atoms with E-state index >= 15 is 0 Å². The topological polar surface area (TPSA) is 95.5 Å². The van der Waals surface area contributed by atoms with E-state index in [0.717, 1.165) is 5.56 Å². The zero-order valence-corrected chi connectivity index (χ0v) is 8.53. The maximum absolute atomic E-state index is 10.4. The van der Waals surface area contributed by atoms with Gasteiger partial charge in [0.15, 0.2) is 0 Å². The van der Waals surface area contributed by atoms with Crippen LogP contribution in [0.1, 0.15) is 12.5 Å². The van der Waals surface area contributed by atoms with Gasteiger partial charge in [-0.15, -0.1) is 10.1 Å². The van der Waals surface area contributed by atoms with E-state index in [1.807, 2.05) is 0 Å². The molecule has 7 nitrogen and oxygen atoms in total. The molecule has 0 aromatic heterocycles. The highest BCUT2D eigenvalue weighted by atomic mass is 17.0. The van der Waals surface area contributed by atoms with Crippen molar-refractivity contribution >= 4 is 5.69 Å². The third-order valence-electron chi connectivity index (χ3n) is 1.94. The number of benzene rings is 1. The number of nitrogens with zero attached hydrogens (tertiary/aromatic N) is 2. The first-order valence-corrected chi connectivity index (χ1v) is 4.53. The van der Waals surface area contributed by atoms with Gasteiger partial charge in [0.05, 0.1) is 4.92 Å². The summed E-state index contributed by atoms with van der Waals surface area (Å²) >= 11 is 0. The summed E-state index contributed by atoms with van der Waals surface area (Å²) < 4.78 is 0. The molecular weight excluding hydrogens is 216 g/mol. The molecule has 0 fully saturated rings. The zero-order chi connectivity index (χ0) is 12.1. The van der Waals surface area contributed by atoms with Gasteiger partial charge >= 0.3 is 0 Å². The lowest BCUT2D eigenvalue weighted by molar-refractivity contribution is -0.767. The number of non-ortho nitro benzene ring substituents is 1. The van der Waals surface area contributed by atoms with Gasteiger partial charge in [-0.1, -0.05) is 12.1 Å². The fraction of sp³-hybridized carbons (Fsp3) is 0.333. The molecule has 7 heteroatoms. The second kappa shape index (κ2) is 5.06. The molecule has 0 aliphatic heterocycles. The van der Waals surface area contributed by atoms with Gasteiger partial charge in [-0.05, 0) is 18.9 Å². The first-order chi connectivity index (χ1) is 7.49. The van der Waals surface area contributed by atoms with Crippen LogP contribution in [0.15, 0.2) is 24.3 Å². The molecule has 1 atom stereocenters.